The van der Waals surface area contributed by atoms with E-state index in [9.17, 15) is 0 Å². The molecule has 1 aromatic heterocycles. The minimum Gasteiger partial charge on any atom is -0.397 e. The summed E-state index contributed by atoms with van der Waals surface area (Å²) in [4.78, 5) is 6.72. The van der Waals surface area contributed by atoms with E-state index in [0.29, 0.717) is 5.92 Å². The molecule has 0 unspecified atom stereocenters. The van der Waals surface area contributed by atoms with E-state index in [1.165, 1.54) is 5.69 Å². The van der Waals surface area contributed by atoms with E-state index in [1.807, 2.05) is 12.1 Å². The molecule has 0 amide bonds. The largest absolute Gasteiger partial charge is 0.397 e. The first kappa shape index (κ1) is 13.2. The summed E-state index contributed by atoms with van der Waals surface area (Å²) in [5, 5.41) is 1.13. The molecule has 1 aliphatic heterocycles. The van der Waals surface area contributed by atoms with Gasteiger partial charge in [0.1, 0.15) is 0 Å². The Labute approximate surface area is 119 Å². The molecule has 2 aromatic rings. The van der Waals surface area contributed by atoms with Crippen LogP contribution in [0.25, 0.3) is 10.9 Å². The van der Waals surface area contributed by atoms with Gasteiger partial charge in [-0.25, -0.2) is 0 Å². The first-order valence-electron chi connectivity index (χ1n) is 7.18. The maximum atomic E-state index is 6.01. The van der Waals surface area contributed by atoms with E-state index in [4.69, 9.17) is 10.5 Å². The lowest BCUT2D eigenvalue weighted by molar-refractivity contribution is 0.0685. The fraction of sp³-hybridized carbons (Fsp3) is 0.438. The Balaban J connectivity index is 1.87. The molecule has 0 bridgehead atoms. The molecule has 1 aliphatic rings. The molecule has 2 heterocycles. The van der Waals surface area contributed by atoms with Gasteiger partial charge in [0.05, 0.1) is 11.2 Å². The first-order valence-corrected chi connectivity index (χ1v) is 7.18. The highest BCUT2D eigenvalue weighted by atomic mass is 16.5. The van der Waals surface area contributed by atoms with E-state index in [-0.39, 0.29) is 0 Å². The van der Waals surface area contributed by atoms with Crippen molar-refractivity contribution < 1.29 is 4.74 Å². The fourth-order valence-corrected chi connectivity index (χ4v) is 2.93. The molecule has 0 aliphatic carbocycles. The average Bonchev–Trinajstić information content (AvgIpc) is 2.49. The normalized spacial score (nSPS) is 16.4. The lowest BCUT2D eigenvalue weighted by atomic mass is 9.99. The van der Waals surface area contributed by atoms with Crippen molar-refractivity contribution in [1.29, 1.82) is 0 Å². The van der Waals surface area contributed by atoms with Crippen LogP contribution in [0.1, 0.15) is 12.8 Å². The van der Waals surface area contributed by atoms with Crippen LogP contribution in [0.5, 0.6) is 0 Å². The zero-order valence-corrected chi connectivity index (χ0v) is 11.9. The molecular formula is C16H21N3O. The highest BCUT2D eigenvalue weighted by Crippen LogP contribution is 2.30. The second-order valence-electron chi connectivity index (χ2n) is 5.51. The number of rotatable bonds is 3. The summed E-state index contributed by atoms with van der Waals surface area (Å²) in [5.41, 5.74) is 8.85. The topological polar surface area (TPSA) is 51.4 Å². The van der Waals surface area contributed by atoms with Crippen LogP contribution in [-0.4, -0.2) is 31.8 Å². The van der Waals surface area contributed by atoms with Crippen molar-refractivity contribution in [3.8, 4) is 0 Å². The van der Waals surface area contributed by atoms with E-state index in [1.54, 1.807) is 6.20 Å². The number of nitrogen functional groups attached to an aromatic ring is 1. The highest BCUT2D eigenvalue weighted by Gasteiger charge is 2.17. The molecule has 1 saturated heterocycles. The second-order valence-corrected chi connectivity index (χ2v) is 5.51. The number of anilines is 2. The number of aromatic nitrogens is 1. The van der Waals surface area contributed by atoms with E-state index in [2.05, 4.69) is 29.1 Å². The Hall–Kier alpha value is -1.81. The third-order valence-corrected chi connectivity index (χ3v) is 4.06. The molecule has 1 aromatic carbocycles. The SMILES string of the molecule is CN(CC1CCOCC1)c1ccc(N)c2ncccc12. The van der Waals surface area contributed by atoms with Gasteiger partial charge < -0.3 is 15.4 Å². The van der Waals surface area contributed by atoms with Crippen LogP contribution in [0.15, 0.2) is 30.5 Å². The molecule has 0 spiro atoms. The maximum Gasteiger partial charge on any atom is 0.0951 e. The molecule has 0 radical (unpaired) electrons. The van der Waals surface area contributed by atoms with Gasteiger partial charge in [0.25, 0.3) is 0 Å². The van der Waals surface area contributed by atoms with Crippen LogP contribution in [0.3, 0.4) is 0 Å². The monoisotopic (exact) mass is 271 g/mol. The third-order valence-electron chi connectivity index (χ3n) is 4.06. The number of hydrogen-bond donors (Lipinski definition) is 1. The number of nitrogens with two attached hydrogens (primary N) is 1. The summed E-state index contributed by atoms with van der Waals surface area (Å²) in [6.07, 6.45) is 4.09. The molecule has 4 heteroatoms. The Kier molecular flexibility index (Phi) is 3.74. The molecule has 4 nitrogen and oxygen atoms in total. The Morgan fingerprint density at radius 1 is 1.30 bits per heavy atom. The minimum absolute atomic E-state index is 0.707. The van der Waals surface area contributed by atoms with Crippen molar-refractivity contribution in [1.82, 2.24) is 4.98 Å². The summed E-state index contributed by atoms with van der Waals surface area (Å²) < 4.78 is 5.43. The van der Waals surface area contributed by atoms with Gasteiger partial charge in [-0.15, -0.1) is 0 Å². The molecule has 106 valence electrons. The highest BCUT2D eigenvalue weighted by molar-refractivity contribution is 5.98. The van der Waals surface area contributed by atoms with E-state index in [0.717, 1.165) is 49.2 Å². The van der Waals surface area contributed by atoms with E-state index >= 15 is 0 Å². The van der Waals surface area contributed by atoms with Crippen molar-refractivity contribution >= 4 is 22.3 Å². The number of pyridine rings is 1. The van der Waals surface area contributed by atoms with Crippen LogP contribution < -0.4 is 10.6 Å². The van der Waals surface area contributed by atoms with Crippen molar-refractivity contribution in [2.45, 2.75) is 12.8 Å². The van der Waals surface area contributed by atoms with Gasteiger partial charge in [0.2, 0.25) is 0 Å². The van der Waals surface area contributed by atoms with Crippen LogP contribution in [-0.2, 0) is 4.74 Å². The Morgan fingerprint density at radius 2 is 2.10 bits per heavy atom. The standard InChI is InChI=1S/C16H21N3O/c1-19(11-12-6-9-20-10-7-12)15-5-4-14(17)16-13(15)3-2-8-18-16/h2-5,8,12H,6-7,9-11,17H2,1H3. The number of fused-ring (bicyclic) bond motifs is 1. The Bertz CT molecular complexity index is 593. The molecule has 2 N–H and O–H groups in total. The van der Waals surface area contributed by atoms with Gasteiger partial charge in [0.15, 0.2) is 0 Å². The predicted molar refractivity (Wildman–Crippen MR) is 83.0 cm³/mol. The van der Waals surface area contributed by atoms with Crippen LogP contribution in [0, 0.1) is 5.92 Å². The van der Waals surface area contributed by atoms with Gasteiger partial charge in [-0.05, 0) is 43.0 Å². The molecular weight excluding hydrogens is 250 g/mol. The average molecular weight is 271 g/mol. The van der Waals surface area contributed by atoms with Crippen molar-refractivity contribution in [3.63, 3.8) is 0 Å². The molecule has 0 atom stereocenters. The van der Waals surface area contributed by atoms with Crippen molar-refractivity contribution in [2.24, 2.45) is 5.92 Å². The molecule has 0 saturated carbocycles. The number of hydrogen-bond acceptors (Lipinski definition) is 4. The number of nitrogens with zero attached hydrogens (tertiary/aromatic N) is 2. The molecule has 20 heavy (non-hydrogen) atoms. The van der Waals surface area contributed by atoms with Crippen LogP contribution in [0.4, 0.5) is 11.4 Å². The zero-order chi connectivity index (χ0) is 13.9. The summed E-state index contributed by atoms with van der Waals surface area (Å²) in [7, 11) is 2.15. The molecule has 1 fully saturated rings. The quantitative estimate of drug-likeness (QED) is 0.872. The van der Waals surface area contributed by atoms with Gasteiger partial charge in [-0.3, -0.25) is 4.98 Å². The third kappa shape index (κ3) is 2.56. The van der Waals surface area contributed by atoms with Gasteiger partial charge in [-0.2, -0.15) is 0 Å². The van der Waals surface area contributed by atoms with Gasteiger partial charge in [-0.1, -0.05) is 0 Å². The smallest absolute Gasteiger partial charge is 0.0951 e. The van der Waals surface area contributed by atoms with E-state index < -0.39 is 0 Å². The van der Waals surface area contributed by atoms with Crippen LogP contribution in [0.2, 0.25) is 0 Å². The molecule has 3 rings (SSSR count). The predicted octanol–water partition coefficient (Wildman–Crippen LogP) is 2.68. The van der Waals surface area contributed by atoms with Gasteiger partial charge in [0, 0.05) is 44.1 Å². The number of benzene rings is 1. The maximum absolute atomic E-state index is 6.01. The minimum atomic E-state index is 0.707. The second kappa shape index (κ2) is 5.67. The van der Waals surface area contributed by atoms with Gasteiger partial charge >= 0.3 is 0 Å². The van der Waals surface area contributed by atoms with Crippen molar-refractivity contribution in [2.75, 3.05) is 37.4 Å². The lowest BCUT2D eigenvalue weighted by Gasteiger charge is -2.29. The summed E-state index contributed by atoms with van der Waals surface area (Å²) in [5.74, 6) is 0.707. The van der Waals surface area contributed by atoms with Crippen molar-refractivity contribution in [3.05, 3.63) is 30.5 Å². The first-order chi connectivity index (χ1) is 9.75. The fourth-order valence-electron chi connectivity index (χ4n) is 2.93. The summed E-state index contributed by atoms with van der Waals surface area (Å²) in [6.45, 7) is 2.84. The summed E-state index contributed by atoms with van der Waals surface area (Å²) in [6, 6.07) is 8.10. The Morgan fingerprint density at radius 3 is 2.90 bits per heavy atom. The van der Waals surface area contributed by atoms with Crippen LogP contribution >= 0.6 is 0 Å². The zero-order valence-electron chi connectivity index (χ0n) is 11.9. The lowest BCUT2D eigenvalue weighted by Crippen LogP contribution is -2.29. The number of ether oxygens (including phenoxy) is 1. The summed E-state index contributed by atoms with van der Waals surface area (Å²) >= 11 is 0.